The Morgan fingerprint density at radius 2 is 1.00 bits per heavy atom. The van der Waals surface area contributed by atoms with Crippen molar-refractivity contribution in [2.75, 3.05) is 54.6 Å². The van der Waals surface area contributed by atoms with Gasteiger partial charge in [0.25, 0.3) is 0 Å². The van der Waals surface area contributed by atoms with Gasteiger partial charge in [-0.25, -0.2) is 9.97 Å². The topological polar surface area (TPSA) is 69.2 Å². The van der Waals surface area contributed by atoms with E-state index >= 15 is 0 Å². The number of benzene rings is 2. The molecule has 4 aromatic rings. The number of aromatic nitrogens is 2. The summed E-state index contributed by atoms with van der Waals surface area (Å²) < 4.78 is 22.8. The van der Waals surface area contributed by atoms with Gasteiger partial charge < -0.3 is 18.9 Å². The van der Waals surface area contributed by atoms with Gasteiger partial charge in [0.15, 0.2) is 0 Å². The molecular weight excluding hydrogens is 647 g/mol. The van der Waals surface area contributed by atoms with Crippen molar-refractivity contribution in [3.63, 3.8) is 0 Å². The summed E-state index contributed by atoms with van der Waals surface area (Å²) in [6, 6.07) is 17.0. The van der Waals surface area contributed by atoms with Gasteiger partial charge in [-0.15, -0.1) is 0 Å². The molecule has 2 saturated heterocycles. The fourth-order valence-corrected chi connectivity index (χ4v) is 8.75. The zero-order valence-electron chi connectivity index (χ0n) is 27.8. The van der Waals surface area contributed by atoms with Gasteiger partial charge in [0.1, 0.15) is 0 Å². The van der Waals surface area contributed by atoms with Crippen molar-refractivity contribution < 1.29 is 18.9 Å². The van der Waals surface area contributed by atoms with Crippen LogP contribution in [-0.2, 0) is 22.3 Å². The smallest absolute Gasteiger partial charge is 0.218 e. The van der Waals surface area contributed by atoms with Crippen LogP contribution >= 0.6 is 23.2 Å². The summed E-state index contributed by atoms with van der Waals surface area (Å²) in [5, 5.41) is 1.19. The molecule has 0 unspecified atom stereocenters. The molecule has 2 atom stereocenters. The first kappa shape index (κ1) is 32.0. The first-order valence-corrected chi connectivity index (χ1v) is 17.4. The lowest BCUT2D eigenvalue weighted by Crippen LogP contribution is -2.52. The number of hydrogen-bond donors (Lipinski definition) is 0. The second kappa shape index (κ2) is 12.9. The van der Waals surface area contributed by atoms with Crippen molar-refractivity contribution in [2.45, 2.75) is 50.0 Å². The van der Waals surface area contributed by atoms with Gasteiger partial charge in [-0.2, -0.15) is 0 Å². The van der Waals surface area contributed by atoms with E-state index in [1.165, 1.54) is 22.3 Å². The molecule has 0 spiro atoms. The molecule has 2 aromatic heterocycles. The molecule has 2 aliphatic carbocycles. The number of likely N-dealkylation sites (tertiary alicyclic amines) is 2. The number of methoxy groups -OCH3 is 4. The van der Waals surface area contributed by atoms with Gasteiger partial charge in [-0.1, -0.05) is 59.6 Å². The predicted molar refractivity (Wildman–Crippen MR) is 188 cm³/mol. The summed E-state index contributed by atoms with van der Waals surface area (Å²) in [6.07, 6.45) is 4.61. The predicted octanol–water partition coefficient (Wildman–Crippen LogP) is 7.44. The second-order valence-electron chi connectivity index (χ2n) is 13.2. The lowest BCUT2D eigenvalue weighted by molar-refractivity contribution is -0.0515. The molecule has 0 saturated carbocycles. The van der Waals surface area contributed by atoms with Crippen molar-refractivity contribution in [3.05, 3.63) is 80.8 Å². The number of aryl methyl sites for hydroxylation is 2. The van der Waals surface area contributed by atoms with E-state index in [1.807, 2.05) is 36.4 Å². The monoisotopic (exact) mass is 686 g/mol. The minimum absolute atomic E-state index is 0.294. The summed E-state index contributed by atoms with van der Waals surface area (Å²) >= 11 is 14.5. The van der Waals surface area contributed by atoms with E-state index in [0.29, 0.717) is 46.1 Å². The molecule has 0 N–H and O–H groups in total. The third-order valence-corrected chi connectivity index (χ3v) is 11.6. The van der Waals surface area contributed by atoms with Crippen LogP contribution in [0.15, 0.2) is 48.5 Å². The molecule has 10 heteroatoms. The van der Waals surface area contributed by atoms with Gasteiger partial charge in [0.05, 0.1) is 47.9 Å². The third kappa shape index (κ3) is 5.29. The zero-order valence-corrected chi connectivity index (χ0v) is 29.3. The van der Waals surface area contributed by atoms with E-state index in [1.54, 1.807) is 28.4 Å². The largest absolute Gasteiger partial charge is 0.481 e. The minimum atomic E-state index is 0.294. The highest BCUT2D eigenvalue weighted by atomic mass is 35.5. The lowest BCUT2D eigenvalue weighted by atomic mass is 9.96. The Bertz CT molecular complexity index is 1740. The Morgan fingerprint density at radius 1 is 0.604 bits per heavy atom. The quantitative estimate of drug-likeness (QED) is 0.180. The maximum Gasteiger partial charge on any atom is 0.218 e. The van der Waals surface area contributed by atoms with Crippen molar-refractivity contribution >= 4 is 23.2 Å². The van der Waals surface area contributed by atoms with Gasteiger partial charge in [0.2, 0.25) is 11.8 Å². The Labute approximate surface area is 291 Å². The second-order valence-corrected chi connectivity index (χ2v) is 14.0. The SMILES string of the molecule is COc1nc(-c2cccc(-c3cccc(-c4cc5c(c(OC)n4)[C@H](N4CC(OC)C4)CC5)c3Cl)c2Cl)cc2c1[C@H](N1CC(OC)C1)CC2. The number of hydrogen-bond acceptors (Lipinski definition) is 8. The average Bonchev–Trinajstić information content (AvgIpc) is 3.68. The summed E-state index contributed by atoms with van der Waals surface area (Å²) in [6.45, 7) is 3.73. The molecule has 48 heavy (non-hydrogen) atoms. The van der Waals surface area contributed by atoms with E-state index in [2.05, 4.69) is 21.9 Å². The van der Waals surface area contributed by atoms with Crippen LogP contribution in [0.1, 0.15) is 47.2 Å². The summed E-state index contributed by atoms with van der Waals surface area (Å²) in [7, 11) is 6.96. The van der Waals surface area contributed by atoms with Crippen LogP contribution in [0.2, 0.25) is 10.0 Å². The molecule has 2 fully saturated rings. The summed E-state index contributed by atoms with van der Waals surface area (Å²) in [5.74, 6) is 1.33. The van der Waals surface area contributed by atoms with Gasteiger partial charge in [0, 0.05) is 85.9 Å². The molecule has 8 nitrogen and oxygen atoms in total. The number of nitrogens with zero attached hydrogens (tertiary/aromatic N) is 4. The van der Waals surface area contributed by atoms with Crippen LogP contribution < -0.4 is 9.47 Å². The molecule has 250 valence electrons. The van der Waals surface area contributed by atoms with Gasteiger partial charge in [-0.05, 0) is 48.9 Å². The molecular formula is C38H40Cl2N4O4. The lowest BCUT2D eigenvalue weighted by Gasteiger charge is -2.42. The van der Waals surface area contributed by atoms with E-state index < -0.39 is 0 Å². The van der Waals surface area contributed by atoms with Crippen LogP contribution in [-0.4, -0.2) is 86.6 Å². The van der Waals surface area contributed by atoms with Gasteiger partial charge in [-0.3, -0.25) is 9.80 Å². The number of ether oxygens (including phenoxy) is 4. The molecule has 0 amide bonds. The highest BCUT2D eigenvalue weighted by Gasteiger charge is 2.40. The van der Waals surface area contributed by atoms with Crippen LogP contribution in [0.5, 0.6) is 11.8 Å². The standard InChI is InChI=1S/C38H40Cl2N4O4/c1-45-23-17-43(18-23)31-13-11-21-15-29(41-37(47-3)33(21)31)27-9-5-7-25(35(27)39)26-8-6-10-28(36(26)40)30-16-22-12-14-32(34(22)38(42-30)48-4)44-19-24(20-44)46-2/h5-10,15-16,23-24,31-32H,11-14,17-20H2,1-4H3/t31-,32-/m1/s1. The molecule has 8 rings (SSSR count). The molecule has 2 aromatic carbocycles. The summed E-state index contributed by atoms with van der Waals surface area (Å²) in [5.41, 5.74) is 9.84. The fraction of sp³-hybridized carbons (Fsp3) is 0.421. The molecule has 4 aliphatic rings. The number of pyridine rings is 2. The molecule has 4 heterocycles. The Hall–Kier alpha value is -3.24. The molecule has 0 radical (unpaired) electrons. The number of halogens is 2. The maximum absolute atomic E-state index is 7.24. The normalized spacial score (nSPS) is 21.1. The van der Waals surface area contributed by atoms with E-state index in [-0.39, 0.29) is 0 Å². The van der Waals surface area contributed by atoms with Crippen LogP contribution in [0.3, 0.4) is 0 Å². The maximum atomic E-state index is 7.24. The fourth-order valence-electron chi connectivity index (χ4n) is 8.10. The average molecular weight is 688 g/mol. The number of fused-ring (bicyclic) bond motifs is 2. The van der Waals surface area contributed by atoms with Crippen LogP contribution in [0.4, 0.5) is 0 Å². The molecule has 2 aliphatic heterocycles. The van der Waals surface area contributed by atoms with Crippen LogP contribution in [0, 0.1) is 0 Å². The van der Waals surface area contributed by atoms with Crippen molar-refractivity contribution in [1.29, 1.82) is 0 Å². The van der Waals surface area contributed by atoms with E-state index in [4.69, 9.17) is 52.1 Å². The first-order chi connectivity index (χ1) is 23.4. The Morgan fingerprint density at radius 3 is 1.38 bits per heavy atom. The highest BCUT2D eigenvalue weighted by molar-refractivity contribution is 6.39. The van der Waals surface area contributed by atoms with Crippen molar-refractivity contribution in [3.8, 4) is 45.4 Å². The Balaban J connectivity index is 1.12. The molecule has 0 bridgehead atoms. The number of rotatable bonds is 9. The van der Waals surface area contributed by atoms with Gasteiger partial charge >= 0.3 is 0 Å². The minimum Gasteiger partial charge on any atom is -0.481 e. The first-order valence-electron chi connectivity index (χ1n) is 16.7. The third-order valence-electron chi connectivity index (χ3n) is 10.8. The van der Waals surface area contributed by atoms with E-state index in [9.17, 15) is 0 Å². The Kier molecular flexibility index (Phi) is 8.60. The van der Waals surface area contributed by atoms with Crippen LogP contribution in [0.25, 0.3) is 33.6 Å². The van der Waals surface area contributed by atoms with Crippen molar-refractivity contribution in [1.82, 2.24) is 19.8 Å². The van der Waals surface area contributed by atoms with Crippen molar-refractivity contribution in [2.24, 2.45) is 0 Å². The zero-order chi connectivity index (χ0) is 33.1. The highest BCUT2D eigenvalue weighted by Crippen LogP contribution is 2.48. The van der Waals surface area contributed by atoms with E-state index in [0.717, 1.165) is 85.5 Å². The summed E-state index contributed by atoms with van der Waals surface area (Å²) in [4.78, 5) is 14.9.